The molecule has 2 amide bonds. The number of hydrogen-bond donors (Lipinski definition) is 2. The minimum absolute atomic E-state index is 0.212. The molecule has 122 valence electrons. The van der Waals surface area contributed by atoms with E-state index in [1.807, 2.05) is 30.3 Å². The van der Waals surface area contributed by atoms with Gasteiger partial charge < -0.3 is 20.1 Å². The number of nitrogens with zero attached hydrogens (tertiary/aromatic N) is 1. The van der Waals surface area contributed by atoms with E-state index in [9.17, 15) is 4.79 Å². The van der Waals surface area contributed by atoms with Gasteiger partial charge in [0, 0.05) is 25.5 Å². The number of methoxy groups -OCH3 is 2. The van der Waals surface area contributed by atoms with E-state index in [-0.39, 0.29) is 6.03 Å². The lowest BCUT2D eigenvalue weighted by Gasteiger charge is -2.11. The highest BCUT2D eigenvalue weighted by molar-refractivity contribution is 5.73. The zero-order chi connectivity index (χ0) is 16.5. The van der Waals surface area contributed by atoms with Gasteiger partial charge in [-0.25, -0.2) is 4.79 Å². The molecule has 0 spiro atoms. The zero-order valence-electron chi connectivity index (χ0n) is 13.3. The molecule has 0 fully saturated rings. The number of rotatable bonds is 7. The van der Waals surface area contributed by atoms with Gasteiger partial charge in [0.25, 0.3) is 0 Å². The van der Waals surface area contributed by atoms with Gasteiger partial charge in [0.15, 0.2) is 0 Å². The van der Waals surface area contributed by atoms with Crippen LogP contribution in [-0.2, 0) is 13.0 Å². The molecule has 1 aromatic carbocycles. The van der Waals surface area contributed by atoms with Gasteiger partial charge in [0.2, 0.25) is 0 Å². The van der Waals surface area contributed by atoms with E-state index in [0.717, 1.165) is 22.6 Å². The van der Waals surface area contributed by atoms with E-state index >= 15 is 0 Å². The molecule has 6 heteroatoms. The lowest BCUT2D eigenvalue weighted by atomic mass is 10.1. The molecular weight excluding hydrogens is 294 g/mol. The Labute approximate surface area is 135 Å². The number of nitrogens with one attached hydrogen (secondary N) is 2. The molecule has 1 heterocycles. The number of carbonyl (C=O) groups excluding carboxylic acids is 1. The third-order valence-corrected chi connectivity index (χ3v) is 3.34. The van der Waals surface area contributed by atoms with Crippen molar-refractivity contribution in [3.05, 3.63) is 53.9 Å². The molecular formula is C17H21N3O3. The van der Waals surface area contributed by atoms with Crippen molar-refractivity contribution in [2.24, 2.45) is 0 Å². The van der Waals surface area contributed by atoms with Crippen LogP contribution >= 0.6 is 0 Å². The Kier molecular flexibility index (Phi) is 6.23. The van der Waals surface area contributed by atoms with Crippen molar-refractivity contribution in [3.8, 4) is 11.5 Å². The maximum Gasteiger partial charge on any atom is 0.315 e. The van der Waals surface area contributed by atoms with E-state index in [1.165, 1.54) is 0 Å². The Hall–Kier alpha value is -2.76. The van der Waals surface area contributed by atoms with Crippen LogP contribution in [-0.4, -0.2) is 31.8 Å². The summed E-state index contributed by atoms with van der Waals surface area (Å²) >= 11 is 0. The maximum atomic E-state index is 11.8. The molecule has 1 aromatic heterocycles. The molecule has 0 aliphatic heterocycles. The van der Waals surface area contributed by atoms with Gasteiger partial charge in [-0.2, -0.15) is 0 Å². The van der Waals surface area contributed by atoms with E-state index in [2.05, 4.69) is 15.6 Å². The zero-order valence-corrected chi connectivity index (χ0v) is 13.3. The lowest BCUT2D eigenvalue weighted by Crippen LogP contribution is -2.36. The fourth-order valence-corrected chi connectivity index (χ4v) is 2.14. The molecule has 0 radical (unpaired) electrons. The van der Waals surface area contributed by atoms with Crippen molar-refractivity contribution in [2.75, 3.05) is 20.8 Å². The lowest BCUT2D eigenvalue weighted by molar-refractivity contribution is 0.240. The third-order valence-electron chi connectivity index (χ3n) is 3.34. The highest BCUT2D eigenvalue weighted by atomic mass is 16.5. The molecule has 0 aliphatic carbocycles. The summed E-state index contributed by atoms with van der Waals surface area (Å²) in [5.74, 6) is 1.55. The predicted octanol–water partition coefficient (Wildman–Crippen LogP) is 2.14. The minimum Gasteiger partial charge on any atom is -0.497 e. The van der Waals surface area contributed by atoms with E-state index in [4.69, 9.17) is 9.47 Å². The number of pyridine rings is 1. The molecule has 0 saturated heterocycles. The molecule has 6 nitrogen and oxygen atoms in total. The molecule has 2 aromatic rings. The normalized spacial score (nSPS) is 10.0. The maximum absolute atomic E-state index is 11.8. The van der Waals surface area contributed by atoms with Gasteiger partial charge in [-0.05, 0) is 41.8 Å². The second-order valence-electron chi connectivity index (χ2n) is 4.90. The van der Waals surface area contributed by atoms with Crippen molar-refractivity contribution in [1.29, 1.82) is 0 Å². The van der Waals surface area contributed by atoms with Crippen LogP contribution < -0.4 is 20.1 Å². The highest BCUT2D eigenvalue weighted by Crippen LogP contribution is 2.24. The van der Waals surface area contributed by atoms with E-state index in [0.29, 0.717) is 19.5 Å². The molecule has 23 heavy (non-hydrogen) atoms. The Balaban J connectivity index is 1.79. The SMILES string of the molecule is COc1ccc(OC)c(CCNC(=O)NCc2cccnc2)c1. The molecule has 0 saturated carbocycles. The Morgan fingerprint density at radius 1 is 1.17 bits per heavy atom. The topological polar surface area (TPSA) is 72.5 Å². The second kappa shape index (κ2) is 8.63. The average molecular weight is 315 g/mol. The van der Waals surface area contributed by atoms with Crippen molar-refractivity contribution >= 4 is 6.03 Å². The summed E-state index contributed by atoms with van der Waals surface area (Å²) in [5, 5.41) is 5.61. The smallest absolute Gasteiger partial charge is 0.315 e. The molecule has 0 aliphatic rings. The number of carbonyl (C=O) groups is 1. The van der Waals surface area contributed by atoms with Gasteiger partial charge in [-0.1, -0.05) is 6.07 Å². The van der Waals surface area contributed by atoms with Crippen LogP contribution in [0.4, 0.5) is 4.79 Å². The van der Waals surface area contributed by atoms with Gasteiger partial charge in [0.1, 0.15) is 11.5 Å². The van der Waals surface area contributed by atoms with Crippen molar-refractivity contribution in [2.45, 2.75) is 13.0 Å². The van der Waals surface area contributed by atoms with Gasteiger partial charge in [0.05, 0.1) is 14.2 Å². The van der Waals surface area contributed by atoms with Crippen LogP contribution in [0.5, 0.6) is 11.5 Å². The molecule has 0 unspecified atom stereocenters. The average Bonchev–Trinajstić information content (AvgIpc) is 2.60. The van der Waals surface area contributed by atoms with Gasteiger partial charge in [-0.15, -0.1) is 0 Å². The number of hydrogen-bond acceptors (Lipinski definition) is 4. The van der Waals surface area contributed by atoms with Crippen molar-refractivity contribution < 1.29 is 14.3 Å². The van der Waals surface area contributed by atoms with Crippen LogP contribution in [0.2, 0.25) is 0 Å². The van der Waals surface area contributed by atoms with Crippen LogP contribution in [0, 0.1) is 0 Å². The molecule has 2 rings (SSSR count). The van der Waals surface area contributed by atoms with Gasteiger partial charge >= 0.3 is 6.03 Å². The monoisotopic (exact) mass is 315 g/mol. The fourth-order valence-electron chi connectivity index (χ4n) is 2.14. The quantitative estimate of drug-likeness (QED) is 0.821. The summed E-state index contributed by atoms with van der Waals surface area (Å²) in [6.45, 7) is 0.949. The first-order valence-corrected chi connectivity index (χ1v) is 7.34. The largest absolute Gasteiger partial charge is 0.497 e. The van der Waals surface area contributed by atoms with Crippen LogP contribution in [0.25, 0.3) is 0 Å². The summed E-state index contributed by atoms with van der Waals surface area (Å²) in [4.78, 5) is 15.8. The fraction of sp³-hybridized carbons (Fsp3) is 0.294. The Morgan fingerprint density at radius 2 is 2.04 bits per heavy atom. The number of ether oxygens (including phenoxy) is 2. The number of urea groups is 1. The number of amides is 2. The summed E-state index contributed by atoms with van der Waals surface area (Å²) in [5.41, 5.74) is 1.94. The molecule has 0 atom stereocenters. The highest BCUT2D eigenvalue weighted by Gasteiger charge is 2.06. The summed E-state index contributed by atoms with van der Waals surface area (Å²) in [7, 11) is 3.25. The molecule has 0 bridgehead atoms. The van der Waals surface area contributed by atoms with Crippen LogP contribution in [0.1, 0.15) is 11.1 Å². The first kappa shape index (κ1) is 16.6. The second-order valence-corrected chi connectivity index (χ2v) is 4.90. The number of aromatic nitrogens is 1. The summed E-state index contributed by atoms with van der Waals surface area (Å²) in [6, 6.07) is 9.15. The summed E-state index contributed by atoms with van der Waals surface area (Å²) in [6.07, 6.45) is 4.08. The van der Waals surface area contributed by atoms with E-state index in [1.54, 1.807) is 26.6 Å². The standard InChI is InChI=1S/C17H21N3O3/c1-22-15-5-6-16(23-2)14(10-15)7-9-19-17(21)20-12-13-4-3-8-18-11-13/h3-6,8,10-11H,7,9,12H2,1-2H3,(H2,19,20,21). The number of benzene rings is 1. The van der Waals surface area contributed by atoms with Crippen LogP contribution in [0.15, 0.2) is 42.7 Å². The van der Waals surface area contributed by atoms with Crippen molar-refractivity contribution in [1.82, 2.24) is 15.6 Å². The first-order chi connectivity index (χ1) is 11.2. The van der Waals surface area contributed by atoms with Crippen LogP contribution in [0.3, 0.4) is 0 Å². The third kappa shape index (κ3) is 5.18. The van der Waals surface area contributed by atoms with Gasteiger partial charge in [-0.3, -0.25) is 4.98 Å². The Bertz CT molecular complexity index is 632. The minimum atomic E-state index is -0.212. The predicted molar refractivity (Wildman–Crippen MR) is 87.7 cm³/mol. The van der Waals surface area contributed by atoms with E-state index < -0.39 is 0 Å². The first-order valence-electron chi connectivity index (χ1n) is 7.34. The molecule has 2 N–H and O–H groups in total. The Morgan fingerprint density at radius 3 is 2.74 bits per heavy atom. The summed E-state index contributed by atoms with van der Waals surface area (Å²) < 4.78 is 10.5. The van der Waals surface area contributed by atoms with Crippen molar-refractivity contribution in [3.63, 3.8) is 0 Å².